The first-order valence-electron chi connectivity index (χ1n) is 10.0. The molecule has 0 unspecified atom stereocenters. The van der Waals surface area contributed by atoms with Crippen molar-refractivity contribution in [3.8, 4) is 5.75 Å². The molecule has 2 aromatic carbocycles. The Hall–Kier alpha value is -3.26. The molecule has 0 spiro atoms. The zero-order chi connectivity index (χ0) is 21.1. The Labute approximate surface area is 174 Å². The number of carbonyl (C=O) groups is 2. The lowest BCUT2D eigenvalue weighted by Gasteiger charge is -2.33. The Morgan fingerprint density at radius 2 is 1.83 bits per heavy atom. The van der Waals surface area contributed by atoms with Crippen molar-refractivity contribution in [2.45, 2.75) is 6.92 Å². The lowest BCUT2D eigenvalue weighted by atomic mass is 10.1. The fourth-order valence-electron chi connectivity index (χ4n) is 3.71. The number of rotatable bonds is 5. The minimum absolute atomic E-state index is 0.145. The van der Waals surface area contributed by atoms with Crippen molar-refractivity contribution in [3.63, 3.8) is 0 Å². The maximum absolute atomic E-state index is 12.6. The number of anilines is 1. The molecular weight excluding hydrogens is 386 g/mol. The Kier molecular flexibility index (Phi) is 5.76. The second kappa shape index (κ2) is 8.62. The van der Waals surface area contributed by atoms with Gasteiger partial charge in [-0.25, -0.2) is 4.79 Å². The van der Waals surface area contributed by atoms with Gasteiger partial charge in [0, 0.05) is 43.0 Å². The SMILES string of the molecule is CCOC(=O)N1CCN(CC(=O)Nc2cc3oc4ccccc4c3cc2OC)CC1. The molecule has 3 aromatic rings. The Balaban J connectivity index is 1.43. The summed E-state index contributed by atoms with van der Waals surface area (Å²) < 4.78 is 16.4. The molecule has 0 atom stereocenters. The van der Waals surface area contributed by atoms with E-state index in [1.807, 2.05) is 35.2 Å². The third-order valence-corrected chi connectivity index (χ3v) is 5.24. The van der Waals surface area contributed by atoms with Crippen molar-refractivity contribution in [3.05, 3.63) is 36.4 Å². The lowest BCUT2D eigenvalue weighted by Crippen LogP contribution is -2.50. The number of carbonyl (C=O) groups excluding carboxylic acids is 2. The van der Waals surface area contributed by atoms with E-state index in [2.05, 4.69) is 5.32 Å². The molecule has 0 bridgehead atoms. The molecule has 1 saturated heterocycles. The van der Waals surface area contributed by atoms with Gasteiger partial charge in [-0.2, -0.15) is 0 Å². The normalized spacial score (nSPS) is 14.8. The number of methoxy groups -OCH3 is 1. The van der Waals surface area contributed by atoms with Crippen LogP contribution in [0, 0.1) is 0 Å². The molecule has 8 heteroatoms. The van der Waals surface area contributed by atoms with Gasteiger partial charge in [0.2, 0.25) is 5.91 Å². The van der Waals surface area contributed by atoms with Crippen molar-refractivity contribution < 1.29 is 23.5 Å². The zero-order valence-electron chi connectivity index (χ0n) is 17.1. The number of benzene rings is 2. The highest BCUT2D eigenvalue weighted by Gasteiger charge is 2.23. The number of ether oxygens (including phenoxy) is 2. The number of nitrogens with zero attached hydrogens (tertiary/aromatic N) is 2. The summed E-state index contributed by atoms with van der Waals surface area (Å²) in [5.74, 6) is 0.433. The van der Waals surface area contributed by atoms with Crippen molar-refractivity contribution >= 4 is 39.6 Å². The van der Waals surface area contributed by atoms with Crippen LogP contribution < -0.4 is 10.1 Å². The maximum atomic E-state index is 12.6. The number of furan rings is 1. The van der Waals surface area contributed by atoms with E-state index in [4.69, 9.17) is 13.9 Å². The van der Waals surface area contributed by atoms with Crippen LogP contribution in [0.25, 0.3) is 21.9 Å². The summed E-state index contributed by atoms with van der Waals surface area (Å²) in [4.78, 5) is 28.1. The second-order valence-corrected chi connectivity index (χ2v) is 7.16. The number of piperazine rings is 1. The Bertz CT molecular complexity index is 1070. The topological polar surface area (TPSA) is 84.3 Å². The first-order valence-corrected chi connectivity index (χ1v) is 10.0. The zero-order valence-corrected chi connectivity index (χ0v) is 17.1. The van der Waals surface area contributed by atoms with E-state index in [-0.39, 0.29) is 18.5 Å². The fourth-order valence-corrected chi connectivity index (χ4v) is 3.71. The molecule has 30 heavy (non-hydrogen) atoms. The smallest absolute Gasteiger partial charge is 0.409 e. The van der Waals surface area contributed by atoms with Crippen LogP contribution in [0.15, 0.2) is 40.8 Å². The molecule has 1 fully saturated rings. The van der Waals surface area contributed by atoms with Gasteiger partial charge in [-0.15, -0.1) is 0 Å². The third kappa shape index (κ3) is 4.04. The first-order chi connectivity index (χ1) is 14.6. The monoisotopic (exact) mass is 411 g/mol. The predicted octanol–water partition coefficient (Wildman–Crippen LogP) is 3.31. The average molecular weight is 411 g/mol. The molecule has 1 N–H and O–H groups in total. The van der Waals surface area contributed by atoms with E-state index in [1.165, 1.54) is 0 Å². The molecule has 0 aliphatic carbocycles. The van der Waals surface area contributed by atoms with Crippen LogP contribution in [0.5, 0.6) is 5.75 Å². The van der Waals surface area contributed by atoms with Crippen LogP contribution >= 0.6 is 0 Å². The average Bonchev–Trinajstić information content (AvgIpc) is 3.11. The molecule has 1 aromatic heterocycles. The fraction of sp³-hybridized carbons (Fsp3) is 0.364. The highest BCUT2D eigenvalue weighted by atomic mass is 16.6. The van der Waals surface area contributed by atoms with E-state index < -0.39 is 0 Å². The van der Waals surface area contributed by atoms with Gasteiger partial charge in [0.1, 0.15) is 16.9 Å². The predicted molar refractivity (Wildman–Crippen MR) is 114 cm³/mol. The number of amides is 2. The Morgan fingerprint density at radius 1 is 1.07 bits per heavy atom. The summed E-state index contributed by atoms with van der Waals surface area (Å²) in [6, 6.07) is 11.5. The standard InChI is InChI=1S/C22H25N3O5/c1-3-29-22(27)25-10-8-24(9-11-25)14-21(26)23-17-13-19-16(12-20(17)28-2)15-6-4-5-7-18(15)30-19/h4-7,12-13H,3,8-11,14H2,1-2H3,(H,23,26). The van der Waals surface area contributed by atoms with Gasteiger partial charge in [0.15, 0.2) is 0 Å². The van der Waals surface area contributed by atoms with Crippen molar-refractivity contribution in [2.24, 2.45) is 0 Å². The molecule has 1 aliphatic heterocycles. The maximum Gasteiger partial charge on any atom is 0.409 e. The molecule has 1 aliphatic rings. The molecular formula is C22H25N3O5. The van der Waals surface area contributed by atoms with Crippen molar-refractivity contribution in [2.75, 3.05) is 51.8 Å². The van der Waals surface area contributed by atoms with Crippen molar-refractivity contribution in [1.29, 1.82) is 0 Å². The highest BCUT2D eigenvalue weighted by molar-refractivity contribution is 6.07. The summed E-state index contributed by atoms with van der Waals surface area (Å²) in [5.41, 5.74) is 2.05. The molecule has 0 radical (unpaired) electrons. The second-order valence-electron chi connectivity index (χ2n) is 7.16. The molecule has 8 nitrogen and oxygen atoms in total. The minimum Gasteiger partial charge on any atom is -0.495 e. The Morgan fingerprint density at radius 3 is 2.57 bits per heavy atom. The van der Waals surface area contributed by atoms with Gasteiger partial charge in [-0.3, -0.25) is 9.69 Å². The molecule has 2 heterocycles. The third-order valence-electron chi connectivity index (χ3n) is 5.24. The quantitative estimate of drug-likeness (QED) is 0.694. The van der Waals surface area contributed by atoms with E-state index in [9.17, 15) is 9.59 Å². The van der Waals surface area contributed by atoms with Gasteiger partial charge in [-0.1, -0.05) is 18.2 Å². The van der Waals surface area contributed by atoms with Crippen LogP contribution in [0.3, 0.4) is 0 Å². The summed E-state index contributed by atoms with van der Waals surface area (Å²) in [7, 11) is 1.58. The molecule has 4 rings (SSSR count). The number of fused-ring (bicyclic) bond motifs is 3. The van der Waals surface area contributed by atoms with Crippen LogP contribution in [-0.4, -0.2) is 68.2 Å². The van der Waals surface area contributed by atoms with E-state index in [0.717, 1.165) is 16.4 Å². The minimum atomic E-state index is -0.300. The van der Waals surface area contributed by atoms with Crippen molar-refractivity contribution in [1.82, 2.24) is 9.80 Å². The van der Waals surface area contributed by atoms with Crippen LogP contribution in [0.2, 0.25) is 0 Å². The van der Waals surface area contributed by atoms with Gasteiger partial charge in [0.25, 0.3) is 0 Å². The number of nitrogens with one attached hydrogen (secondary N) is 1. The van der Waals surface area contributed by atoms with Crippen LogP contribution in [-0.2, 0) is 9.53 Å². The summed E-state index contributed by atoms with van der Waals surface area (Å²) >= 11 is 0. The summed E-state index contributed by atoms with van der Waals surface area (Å²) in [5, 5.41) is 4.87. The van der Waals surface area contributed by atoms with Gasteiger partial charge >= 0.3 is 6.09 Å². The van der Waals surface area contributed by atoms with E-state index >= 15 is 0 Å². The van der Waals surface area contributed by atoms with Crippen LogP contribution in [0.4, 0.5) is 10.5 Å². The van der Waals surface area contributed by atoms with Gasteiger partial charge in [0.05, 0.1) is 25.9 Å². The van der Waals surface area contributed by atoms with Gasteiger partial charge < -0.3 is 24.1 Å². The highest BCUT2D eigenvalue weighted by Crippen LogP contribution is 2.36. The first kappa shape index (κ1) is 20.0. The van der Waals surface area contributed by atoms with E-state index in [0.29, 0.717) is 49.8 Å². The molecule has 158 valence electrons. The van der Waals surface area contributed by atoms with E-state index in [1.54, 1.807) is 25.0 Å². The number of hydrogen-bond donors (Lipinski definition) is 1. The summed E-state index contributed by atoms with van der Waals surface area (Å²) in [6.45, 7) is 4.70. The van der Waals surface area contributed by atoms with Gasteiger partial charge in [-0.05, 0) is 19.1 Å². The summed E-state index contributed by atoms with van der Waals surface area (Å²) in [6.07, 6.45) is -0.300. The molecule has 2 amide bonds. The largest absolute Gasteiger partial charge is 0.495 e. The molecule has 0 saturated carbocycles. The van der Waals surface area contributed by atoms with Crippen LogP contribution in [0.1, 0.15) is 6.92 Å². The number of para-hydroxylation sites is 1. The number of hydrogen-bond acceptors (Lipinski definition) is 6. The lowest BCUT2D eigenvalue weighted by molar-refractivity contribution is -0.117.